The third kappa shape index (κ3) is 6.80. The number of methoxy groups -OCH3 is 1. The number of hydrogen-bond acceptors (Lipinski definition) is 5. The molecule has 11 heteroatoms. The van der Waals surface area contributed by atoms with Crippen molar-refractivity contribution in [2.45, 2.75) is 45.2 Å². The monoisotopic (exact) mass is 517 g/mol. The normalized spacial score (nSPS) is 14.4. The van der Waals surface area contributed by atoms with Crippen LogP contribution in [0.2, 0.25) is 0 Å². The van der Waals surface area contributed by atoms with Crippen molar-refractivity contribution in [2.75, 3.05) is 25.5 Å². The van der Waals surface area contributed by atoms with Gasteiger partial charge >= 0.3 is 12.4 Å². The average Bonchev–Trinajstić information content (AvgIpc) is 3.20. The lowest BCUT2D eigenvalue weighted by atomic mass is 9.92. The smallest absolute Gasteiger partial charge is 0.405 e. The van der Waals surface area contributed by atoms with Crippen LogP contribution >= 0.6 is 0 Å². The number of carbonyl (C=O) groups is 1. The minimum Gasteiger partial charge on any atom is -0.405 e. The largest absolute Gasteiger partial charge is 0.573 e. The molecule has 0 spiro atoms. The number of hydrogen-bond donors (Lipinski definition) is 3. The third-order valence-corrected chi connectivity index (χ3v) is 6.22. The van der Waals surface area contributed by atoms with Gasteiger partial charge in [0.05, 0.1) is 18.0 Å². The zero-order valence-electron chi connectivity index (χ0n) is 20.7. The number of nitrogens with zero attached hydrogens (tertiary/aromatic N) is 2. The number of halogens is 3. The van der Waals surface area contributed by atoms with Crippen LogP contribution < -0.4 is 20.7 Å². The first kappa shape index (κ1) is 26.5. The van der Waals surface area contributed by atoms with E-state index in [0.717, 1.165) is 42.9 Å². The number of anilines is 1. The maximum Gasteiger partial charge on any atom is 0.573 e. The third-order valence-electron chi connectivity index (χ3n) is 6.22. The fourth-order valence-electron chi connectivity index (χ4n) is 4.48. The first-order valence-electron chi connectivity index (χ1n) is 12.0. The van der Waals surface area contributed by atoms with Gasteiger partial charge in [-0.25, -0.2) is 9.48 Å². The molecule has 1 aliphatic rings. The second kappa shape index (κ2) is 11.7. The Labute approximate surface area is 213 Å². The molecule has 2 amide bonds. The second-order valence-corrected chi connectivity index (χ2v) is 8.86. The van der Waals surface area contributed by atoms with Crippen LogP contribution in [0.1, 0.15) is 41.1 Å². The van der Waals surface area contributed by atoms with Crippen LogP contribution in [0.5, 0.6) is 5.75 Å². The summed E-state index contributed by atoms with van der Waals surface area (Å²) >= 11 is 0. The van der Waals surface area contributed by atoms with Crippen molar-refractivity contribution in [3.05, 3.63) is 70.9 Å². The highest BCUT2D eigenvalue weighted by molar-refractivity contribution is 5.89. The minimum atomic E-state index is -4.86. The number of aromatic nitrogens is 2. The molecule has 37 heavy (non-hydrogen) atoms. The van der Waals surface area contributed by atoms with Gasteiger partial charge in [-0.1, -0.05) is 24.3 Å². The molecule has 0 bridgehead atoms. The average molecular weight is 518 g/mol. The van der Waals surface area contributed by atoms with Gasteiger partial charge in [0.25, 0.3) is 0 Å². The second-order valence-electron chi connectivity index (χ2n) is 8.86. The molecule has 1 saturated heterocycles. The van der Waals surface area contributed by atoms with Crippen LogP contribution in [0.4, 0.5) is 23.8 Å². The van der Waals surface area contributed by atoms with E-state index >= 15 is 0 Å². The molecule has 0 radical (unpaired) electrons. The summed E-state index contributed by atoms with van der Waals surface area (Å²) in [6.45, 7) is 3.74. The molecule has 0 atom stereocenters. The van der Waals surface area contributed by atoms with Gasteiger partial charge in [0.1, 0.15) is 11.6 Å². The number of urea groups is 1. The number of piperidine rings is 1. The lowest BCUT2D eigenvalue weighted by molar-refractivity contribution is -0.274. The van der Waals surface area contributed by atoms with Gasteiger partial charge < -0.3 is 20.1 Å². The highest BCUT2D eigenvalue weighted by atomic mass is 19.4. The number of para-hydroxylation sites is 1. The summed E-state index contributed by atoms with van der Waals surface area (Å²) in [5.74, 6) is 0.393. The summed E-state index contributed by atoms with van der Waals surface area (Å²) in [5.41, 5.74) is 3.39. The van der Waals surface area contributed by atoms with E-state index in [0.29, 0.717) is 11.4 Å². The number of carbonyl (C=O) groups excluding carboxylic acids is 1. The van der Waals surface area contributed by atoms with Crippen molar-refractivity contribution in [3.63, 3.8) is 0 Å². The summed E-state index contributed by atoms with van der Waals surface area (Å²) in [4.78, 5) is 13.0. The quantitative estimate of drug-likeness (QED) is 0.391. The first-order valence-corrected chi connectivity index (χ1v) is 12.0. The van der Waals surface area contributed by atoms with Gasteiger partial charge in [0.15, 0.2) is 0 Å². The van der Waals surface area contributed by atoms with Crippen LogP contribution in [0.25, 0.3) is 5.69 Å². The maximum atomic E-state index is 13.0. The minimum absolute atomic E-state index is 0.172. The molecule has 8 nitrogen and oxygen atoms in total. The van der Waals surface area contributed by atoms with Gasteiger partial charge in [0.2, 0.25) is 0 Å². The van der Waals surface area contributed by atoms with Crippen molar-refractivity contribution >= 4 is 11.8 Å². The topological polar surface area (TPSA) is 89.4 Å². The van der Waals surface area contributed by atoms with Crippen LogP contribution in [0.15, 0.2) is 48.5 Å². The van der Waals surface area contributed by atoms with Crippen molar-refractivity contribution in [1.29, 1.82) is 0 Å². The van der Waals surface area contributed by atoms with Crippen LogP contribution in [-0.2, 0) is 17.9 Å². The molecule has 1 aromatic heterocycles. The van der Waals surface area contributed by atoms with Crippen LogP contribution in [0.3, 0.4) is 0 Å². The van der Waals surface area contributed by atoms with Gasteiger partial charge in [-0.3, -0.25) is 5.32 Å². The Hall–Kier alpha value is -3.57. The zero-order valence-corrected chi connectivity index (χ0v) is 20.7. The van der Waals surface area contributed by atoms with E-state index in [1.54, 1.807) is 4.68 Å². The molecule has 0 unspecified atom stereocenters. The molecule has 0 aliphatic carbocycles. The van der Waals surface area contributed by atoms with Gasteiger partial charge in [-0.05, 0) is 62.7 Å². The summed E-state index contributed by atoms with van der Waals surface area (Å²) in [6.07, 6.45) is -2.97. The van der Waals surface area contributed by atoms with Gasteiger partial charge in [0, 0.05) is 30.7 Å². The summed E-state index contributed by atoms with van der Waals surface area (Å²) in [6, 6.07) is 13.1. The predicted molar refractivity (Wildman–Crippen MR) is 133 cm³/mol. The fourth-order valence-corrected chi connectivity index (χ4v) is 4.48. The molecule has 198 valence electrons. The van der Waals surface area contributed by atoms with Crippen molar-refractivity contribution in [3.8, 4) is 11.4 Å². The molecule has 2 heterocycles. The number of benzene rings is 2. The lowest BCUT2D eigenvalue weighted by Crippen LogP contribution is -2.30. The molecule has 0 saturated carbocycles. The Bertz CT molecular complexity index is 1210. The standard InChI is InChI=1S/C26H30F3N5O3/c1-17-23(19-10-12-30-13-11-19)33-34(21-6-4-3-5-7-21)24(17)32-25(35)31-15-20-14-18(16-36-2)8-9-22(20)37-26(27,28)29/h3-9,14,19,30H,10-13,15-16H2,1-2H3,(H2,31,32,35). The van der Waals surface area contributed by atoms with E-state index < -0.39 is 12.4 Å². The number of ether oxygens (including phenoxy) is 2. The van der Waals surface area contributed by atoms with Crippen LogP contribution in [-0.4, -0.2) is 42.4 Å². The number of alkyl halides is 3. The van der Waals surface area contributed by atoms with E-state index in [-0.39, 0.29) is 30.4 Å². The van der Waals surface area contributed by atoms with E-state index in [4.69, 9.17) is 9.84 Å². The van der Waals surface area contributed by atoms with Crippen molar-refractivity contribution in [2.24, 2.45) is 0 Å². The Morgan fingerprint density at radius 3 is 2.57 bits per heavy atom. The lowest BCUT2D eigenvalue weighted by Gasteiger charge is -2.21. The first-order chi connectivity index (χ1) is 17.7. The fraction of sp³-hybridized carbons (Fsp3) is 0.385. The zero-order chi connectivity index (χ0) is 26.4. The Kier molecular flexibility index (Phi) is 8.34. The Morgan fingerprint density at radius 1 is 1.16 bits per heavy atom. The van der Waals surface area contributed by atoms with Crippen LogP contribution in [0, 0.1) is 6.92 Å². The molecule has 1 aliphatic heterocycles. The summed E-state index contributed by atoms with van der Waals surface area (Å²) < 4.78 is 49.6. The maximum absolute atomic E-state index is 13.0. The number of rotatable bonds is 8. The molecular formula is C26H30F3N5O3. The number of nitrogens with one attached hydrogen (secondary N) is 3. The SMILES string of the molecule is COCc1ccc(OC(F)(F)F)c(CNC(=O)Nc2c(C)c(C3CCNCC3)nn2-c2ccccc2)c1. The number of amides is 2. The van der Waals surface area contributed by atoms with Gasteiger partial charge in [-0.2, -0.15) is 5.10 Å². The molecule has 3 aromatic rings. The highest BCUT2D eigenvalue weighted by Gasteiger charge is 2.32. The summed E-state index contributed by atoms with van der Waals surface area (Å²) in [7, 11) is 1.49. The molecule has 3 N–H and O–H groups in total. The van der Waals surface area contributed by atoms with Crippen molar-refractivity contribution < 1.29 is 27.4 Å². The Morgan fingerprint density at radius 2 is 1.89 bits per heavy atom. The van der Waals surface area contributed by atoms with E-state index in [1.165, 1.54) is 25.3 Å². The highest BCUT2D eigenvalue weighted by Crippen LogP contribution is 2.33. The molecule has 4 rings (SSSR count). The van der Waals surface area contributed by atoms with Gasteiger partial charge in [-0.15, -0.1) is 13.2 Å². The van der Waals surface area contributed by atoms with E-state index in [1.807, 2.05) is 37.3 Å². The Balaban J connectivity index is 1.56. The summed E-state index contributed by atoms with van der Waals surface area (Å²) in [5, 5.41) is 13.7. The van der Waals surface area contributed by atoms with E-state index in [2.05, 4.69) is 20.7 Å². The molecule has 1 fully saturated rings. The predicted octanol–water partition coefficient (Wildman–Crippen LogP) is 5.01. The molecule has 2 aromatic carbocycles. The van der Waals surface area contributed by atoms with E-state index in [9.17, 15) is 18.0 Å². The van der Waals surface area contributed by atoms with Crippen molar-refractivity contribution in [1.82, 2.24) is 20.4 Å². The molecular weight excluding hydrogens is 487 g/mol.